The first-order chi connectivity index (χ1) is 11.0. The SMILES string of the molecule is CCN(Cc1c(F)cccc1Cl)C(=O)c1cnn2ccn(C)c12. The van der Waals surface area contributed by atoms with Gasteiger partial charge in [0.1, 0.15) is 17.0 Å². The van der Waals surface area contributed by atoms with Crippen LogP contribution >= 0.6 is 11.6 Å². The van der Waals surface area contributed by atoms with Gasteiger partial charge in [0.15, 0.2) is 0 Å². The number of aromatic nitrogens is 3. The van der Waals surface area contributed by atoms with E-state index < -0.39 is 5.82 Å². The molecule has 0 unspecified atom stereocenters. The Labute approximate surface area is 137 Å². The molecule has 2 aromatic heterocycles. The van der Waals surface area contributed by atoms with Crippen LogP contribution in [0, 0.1) is 5.82 Å². The van der Waals surface area contributed by atoms with Crippen LogP contribution in [0.4, 0.5) is 4.39 Å². The largest absolute Gasteiger partial charge is 0.334 e. The van der Waals surface area contributed by atoms with Crippen molar-refractivity contribution in [2.75, 3.05) is 6.54 Å². The highest BCUT2D eigenvalue weighted by Gasteiger charge is 2.22. The van der Waals surface area contributed by atoms with Gasteiger partial charge >= 0.3 is 0 Å². The van der Waals surface area contributed by atoms with Gasteiger partial charge < -0.3 is 9.47 Å². The van der Waals surface area contributed by atoms with E-state index in [1.165, 1.54) is 12.3 Å². The lowest BCUT2D eigenvalue weighted by Crippen LogP contribution is -2.31. The Morgan fingerprint density at radius 1 is 1.39 bits per heavy atom. The first kappa shape index (κ1) is 15.6. The first-order valence-electron chi connectivity index (χ1n) is 7.23. The van der Waals surface area contributed by atoms with Crippen LogP contribution < -0.4 is 0 Å². The molecule has 0 N–H and O–H groups in total. The molecule has 0 bridgehead atoms. The Morgan fingerprint density at radius 2 is 2.17 bits per heavy atom. The Morgan fingerprint density at radius 3 is 2.87 bits per heavy atom. The van der Waals surface area contributed by atoms with E-state index in [0.29, 0.717) is 28.3 Å². The molecule has 1 amide bonds. The van der Waals surface area contributed by atoms with Crippen LogP contribution in [0.5, 0.6) is 0 Å². The van der Waals surface area contributed by atoms with Crippen molar-refractivity contribution in [3.8, 4) is 0 Å². The zero-order valence-electron chi connectivity index (χ0n) is 12.8. The molecule has 23 heavy (non-hydrogen) atoms. The lowest BCUT2D eigenvalue weighted by atomic mass is 10.1. The summed E-state index contributed by atoms with van der Waals surface area (Å²) in [6.45, 7) is 2.40. The highest BCUT2D eigenvalue weighted by atomic mass is 35.5. The smallest absolute Gasteiger partial charge is 0.259 e. The average molecular weight is 335 g/mol. The van der Waals surface area contributed by atoms with Crippen molar-refractivity contribution in [1.82, 2.24) is 19.1 Å². The van der Waals surface area contributed by atoms with Gasteiger partial charge in [0.2, 0.25) is 0 Å². The van der Waals surface area contributed by atoms with E-state index in [9.17, 15) is 9.18 Å². The fourth-order valence-corrected chi connectivity index (χ4v) is 2.80. The van der Waals surface area contributed by atoms with E-state index in [1.807, 2.05) is 24.7 Å². The fraction of sp³-hybridized carbons (Fsp3) is 0.250. The van der Waals surface area contributed by atoms with Gasteiger partial charge in [0.25, 0.3) is 5.91 Å². The molecule has 0 aliphatic heterocycles. The molecule has 0 aliphatic rings. The molecule has 120 valence electrons. The lowest BCUT2D eigenvalue weighted by molar-refractivity contribution is 0.0752. The molecule has 1 aromatic carbocycles. The predicted octanol–water partition coefficient (Wildman–Crippen LogP) is 3.13. The summed E-state index contributed by atoms with van der Waals surface area (Å²) in [4.78, 5) is 14.4. The van der Waals surface area contributed by atoms with Crippen LogP contribution in [0.2, 0.25) is 5.02 Å². The number of benzene rings is 1. The summed E-state index contributed by atoms with van der Waals surface area (Å²) in [5.74, 6) is -0.619. The third kappa shape index (κ3) is 2.70. The van der Waals surface area contributed by atoms with Crippen LogP contribution in [-0.4, -0.2) is 31.5 Å². The van der Waals surface area contributed by atoms with Gasteiger partial charge in [-0.25, -0.2) is 8.91 Å². The second-order valence-corrected chi connectivity index (χ2v) is 5.66. The predicted molar refractivity (Wildman–Crippen MR) is 86.0 cm³/mol. The van der Waals surface area contributed by atoms with Gasteiger partial charge in [-0.3, -0.25) is 4.79 Å². The second-order valence-electron chi connectivity index (χ2n) is 5.26. The van der Waals surface area contributed by atoms with E-state index in [1.54, 1.807) is 27.7 Å². The molecule has 0 atom stereocenters. The zero-order valence-corrected chi connectivity index (χ0v) is 13.6. The van der Waals surface area contributed by atoms with Crippen molar-refractivity contribution in [3.05, 3.63) is 58.8 Å². The molecular weight excluding hydrogens is 319 g/mol. The van der Waals surface area contributed by atoms with Crippen molar-refractivity contribution in [1.29, 1.82) is 0 Å². The zero-order chi connectivity index (χ0) is 16.6. The maximum absolute atomic E-state index is 14.0. The van der Waals surface area contributed by atoms with Gasteiger partial charge in [-0.1, -0.05) is 17.7 Å². The number of nitrogens with zero attached hydrogens (tertiary/aromatic N) is 4. The normalized spacial score (nSPS) is 11.1. The number of carbonyl (C=O) groups is 1. The Hall–Kier alpha value is -2.34. The first-order valence-corrected chi connectivity index (χ1v) is 7.61. The monoisotopic (exact) mass is 334 g/mol. The molecule has 2 heterocycles. The summed E-state index contributed by atoms with van der Waals surface area (Å²) in [6, 6.07) is 4.51. The third-order valence-electron chi connectivity index (χ3n) is 3.84. The molecule has 0 saturated carbocycles. The Bertz CT molecular complexity index is 850. The summed E-state index contributed by atoms with van der Waals surface area (Å²) in [6.07, 6.45) is 5.13. The van der Waals surface area contributed by atoms with Gasteiger partial charge in [-0.2, -0.15) is 5.10 Å². The highest BCUT2D eigenvalue weighted by Crippen LogP contribution is 2.22. The lowest BCUT2D eigenvalue weighted by Gasteiger charge is -2.21. The number of hydrogen-bond acceptors (Lipinski definition) is 2. The Kier molecular flexibility index (Phi) is 4.09. The molecule has 0 spiro atoms. The fourth-order valence-electron chi connectivity index (χ4n) is 2.57. The molecule has 0 fully saturated rings. The van der Waals surface area contributed by atoms with E-state index in [2.05, 4.69) is 5.10 Å². The van der Waals surface area contributed by atoms with Crippen LogP contribution in [0.25, 0.3) is 5.65 Å². The topological polar surface area (TPSA) is 42.5 Å². The molecule has 0 radical (unpaired) electrons. The number of hydrogen-bond donors (Lipinski definition) is 0. The van der Waals surface area contributed by atoms with Crippen LogP contribution in [0.3, 0.4) is 0 Å². The maximum Gasteiger partial charge on any atom is 0.259 e. The highest BCUT2D eigenvalue weighted by molar-refractivity contribution is 6.31. The summed E-state index contributed by atoms with van der Waals surface area (Å²) in [5, 5.41) is 4.48. The maximum atomic E-state index is 14.0. The number of amides is 1. The number of fused-ring (bicyclic) bond motifs is 1. The van der Waals surface area contributed by atoms with Crippen molar-refractivity contribution >= 4 is 23.2 Å². The number of carbonyl (C=O) groups excluding carboxylic acids is 1. The number of rotatable bonds is 4. The van der Waals surface area contributed by atoms with E-state index in [4.69, 9.17) is 11.6 Å². The summed E-state index contributed by atoms with van der Waals surface area (Å²) >= 11 is 6.06. The summed E-state index contributed by atoms with van der Waals surface area (Å²) in [5.41, 5.74) is 1.50. The van der Waals surface area contributed by atoms with Gasteiger partial charge in [-0.15, -0.1) is 0 Å². The van der Waals surface area contributed by atoms with Crippen LogP contribution in [-0.2, 0) is 13.6 Å². The molecule has 3 rings (SSSR count). The number of halogens is 2. The molecule has 7 heteroatoms. The van der Waals surface area contributed by atoms with E-state index in [-0.39, 0.29) is 12.5 Å². The minimum absolute atomic E-state index is 0.114. The summed E-state index contributed by atoms with van der Waals surface area (Å²) in [7, 11) is 1.85. The molecule has 5 nitrogen and oxygen atoms in total. The molecular formula is C16H16ClFN4O. The second kappa shape index (κ2) is 6.04. The standard InChI is InChI=1S/C16H16ClFN4O/c1-3-21(10-12-13(17)5-4-6-14(12)18)16(23)11-9-19-22-8-7-20(2)15(11)22/h4-9H,3,10H2,1-2H3. The average Bonchev–Trinajstić information content (AvgIpc) is 3.10. The van der Waals surface area contributed by atoms with Gasteiger partial charge in [-0.05, 0) is 19.1 Å². The minimum atomic E-state index is -0.414. The van der Waals surface area contributed by atoms with Crippen LogP contribution in [0.15, 0.2) is 36.8 Å². The number of imidazole rings is 1. The summed E-state index contributed by atoms with van der Waals surface area (Å²) < 4.78 is 17.4. The molecule has 0 aliphatic carbocycles. The third-order valence-corrected chi connectivity index (χ3v) is 4.20. The quantitative estimate of drug-likeness (QED) is 0.735. The van der Waals surface area contributed by atoms with Crippen molar-refractivity contribution in [2.45, 2.75) is 13.5 Å². The van der Waals surface area contributed by atoms with Crippen molar-refractivity contribution in [2.24, 2.45) is 7.05 Å². The van der Waals surface area contributed by atoms with Gasteiger partial charge in [0.05, 0.1) is 12.7 Å². The van der Waals surface area contributed by atoms with Crippen molar-refractivity contribution in [3.63, 3.8) is 0 Å². The molecule has 0 saturated heterocycles. The Balaban J connectivity index is 1.94. The van der Waals surface area contributed by atoms with E-state index >= 15 is 0 Å². The number of aryl methyl sites for hydroxylation is 1. The molecule has 3 aromatic rings. The van der Waals surface area contributed by atoms with Crippen molar-refractivity contribution < 1.29 is 9.18 Å². The van der Waals surface area contributed by atoms with E-state index in [0.717, 1.165) is 0 Å². The minimum Gasteiger partial charge on any atom is -0.334 e. The van der Waals surface area contributed by atoms with Gasteiger partial charge in [0, 0.05) is 36.6 Å². The van der Waals surface area contributed by atoms with Crippen LogP contribution in [0.1, 0.15) is 22.8 Å².